The summed E-state index contributed by atoms with van der Waals surface area (Å²) < 4.78 is 0.888. The number of carbonyl (C=O) groups excluding carboxylic acids is 1. The van der Waals surface area contributed by atoms with Gasteiger partial charge in [0.15, 0.2) is 5.82 Å². The molecule has 1 N–H and O–H groups in total. The molecular weight excluding hydrogens is 258 g/mol. The van der Waals surface area contributed by atoms with E-state index in [0.29, 0.717) is 0 Å². The molecule has 0 bridgehead atoms. The molecule has 1 fully saturated rings. The van der Waals surface area contributed by atoms with Gasteiger partial charge in [0.2, 0.25) is 5.91 Å². The summed E-state index contributed by atoms with van der Waals surface area (Å²) >= 11 is 3.35. The first kappa shape index (κ1) is 9.15. The number of pyridine rings is 1. The molecule has 0 spiro atoms. The molecule has 2 aliphatic heterocycles. The zero-order chi connectivity index (χ0) is 10.4. The van der Waals surface area contributed by atoms with Crippen LogP contribution in [0.2, 0.25) is 0 Å². The minimum atomic E-state index is -0.00817. The number of anilines is 2. The molecule has 0 aromatic carbocycles. The predicted octanol–water partition coefficient (Wildman–Crippen LogP) is 1.77. The van der Waals surface area contributed by atoms with Gasteiger partial charge in [-0.15, -0.1) is 0 Å². The first-order chi connectivity index (χ1) is 7.25. The number of nitrogens with one attached hydrogen (secondary N) is 1. The zero-order valence-electron chi connectivity index (χ0n) is 8.03. The lowest BCUT2D eigenvalue weighted by molar-refractivity contribution is -0.117. The molecule has 1 atom stereocenters. The lowest BCUT2D eigenvalue weighted by Crippen LogP contribution is -2.44. The lowest BCUT2D eigenvalue weighted by Gasteiger charge is -2.31. The van der Waals surface area contributed by atoms with E-state index in [4.69, 9.17) is 0 Å². The van der Waals surface area contributed by atoms with Gasteiger partial charge < -0.3 is 10.2 Å². The van der Waals surface area contributed by atoms with E-state index < -0.39 is 0 Å². The Hall–Kier alpha value is -1.10. The Bertz CT molecular complexity index is 435. The van der Waals surface area contributed by atoms with Gasteiger partial charge in [-0.2, -0.15) is 0 Å². The maximum Gasteiger partial charge on any atom is 0.247 e. The van der Waals surface area contributed by atoms with Crippen molar-refractivity contribution in [2.45, 2.75) is 18.9 Å². The third kappa shape index (κ3) is 1.33. The Morgan fingerprint density at radius 1 is 1.60 bits per heavy atom. The summed E-state index contributed by atoms with van der Waals surface area (Å²) in [4.78, 5) is 18.2. The molecule has 0 unspecified atom stereocenters. The summed E-state index contributed by atoms with van der Waals surface area (Å²) in [5.41, 5.74) is 0.813. The van der Waals surface area contributed by atoms with Gasteiger partial charge in [0.05, 0.1) is 5.69 Å². The topological polar surface area (TPSA) is 45.2 Å². The number of nitrogens with zero attached hydrogens (tertiary/aromatic N) is 2. The minimum absolute atomic E-state index is 0.00817. The predicted molar refractivity (Wildman–Crippen MR) is 60.9 cm³/mol. The van der Waals surface area contributed by atoms with Crippen molar-refractivity contribution in [2.75, 3.05) is 16.8 Å². The van der Waals surface area contributed by atoms with Crippen molar-refractivity contribution in [2.24, 2.45) is 0 Å². The molecule has 0 radical (unpaired) electrons. The van der Waals surface area contributed by atoms with E-state index in [-0.39, 0.29) is 11.9 Å². The van der Waals surface area contributed by atoms with Gasteiger partial charge in [-0.3, -0.25) is 4.79 Å². The van der Waals surface area contributed by atoms with E-state index in [1.165, 1.54) is 0 Å². The van der Waals surface area contributed by atoms with Crippen LogP contribution in [0.4, 0.5) is 11.5 Å². The number of hydrogen-bond acceptors (Lipinski definition) is 3. The van der Waals surface area contributed by atoms with E-state index in [9.17, 15) is 4.79 Å². The van der Waals surface area contributed by atoms with Crippen LogP contribution in [0.25, 0.3) is 0 Å². The minimum Gasteiger partial charge on any atom is -0.343 e. The standard InChI is InChI=1S/C10H10BrN3O/c11-6-4-7-9(12-5-6)14-3-1-2-8(14)10(15)13-7/h4-5,8H,1-3H2,(H,13,15)/t8-/m0/s1. The zero-order valence-corrected chi connectivity index (χ0v) is 9.62. The highest BCUT2D eigenvalue weighted by molar-refractivity contribution is 9.10. The van der Waals surface area contributed by atoms with Crippen molar-refractivity contribution >= 4 is 33.3 Å². The third-order valence-corrected chi connectivity index (χ3v) is 3.35. The Kier molecular flexibility index (Phi) is 1.95. The molecule has 3 rings (SSSR count). The fraction of sp³-hybridized carbons (Fsp3) is 0.400. The summed E-state index contributed by atoms with van der Waals surface area (Å²) in [5.74, 6) is 1.00. The molecule has 0 aliphatic carbocycles. The van der Waals surface area contributed by atoms with Crippen molar-refractivity contribution in [3.63, 3.8) is 0 Å². The fourth-order valence-corrected chi connectivity index (χ4v) is 2.59. The molecule has 1 aromatic rings. The molecule has 3 heterocycles. The molecule has 1 amide bonds. The monoisotopic (exact) mass is 267 g/mol. The second kappa shape index (κ2) is 3.20. The number of rotatable bonds is 0. The van der Waals surface area contributed by atoms with Crippen molar-refractivity contribution in [3.05, 3.63) is 16.7 Å². The van der Waals surface area contributed by atoms with E-state index in [2.05, 4.69) is 31.1 Å². The van der Waals surface area contributed by atoms with Crippen LogP contribution in [0.5, 0.6) is 0 Å². The lowest BCUT2D eigenvalue weighted by atomic mass is 10.1. The number of hydrogen-bond donors (Lipinski definition) is 1. The van der Waals surface area contributed by atoms with Gasteiger partial charge in [-0.1, -0.05) is 0 Å². The maximum atomic E-state index is 11.8. The first-order valence-electron chi connectivity index (χ1n) is 4.99. The first-order valence-corrected chi connectivity index (χ1v) is 5.78. The second-order valence-corrected chi connectivity index (χ2v) is 4.78. The molecule has 1 aromatic heterocycles. The Balaban J connectivity index is 2.11. The Labute approximate surface area is 95.8 Å². The highest BCUT2D eigenvalue weighted by Gasteiger charge is 2.37. The van der Waals surface area contributed by atoms with Crippen LogP contribution >= 0.6 is 15.9 Å². The van der Waals surface area contributed by atoms with Gasteiger partial charge >= 0.3 is 0 Å². The van der Waals surface area contributed by atoms with Crippen molar-refractivity contribution in [3.8, 4) is 0 Å². The van der Waals surface area contributed by atoms with E-state index in [0.717, 1.165) is 35.4 Å². The van der Waals surface area contributed by atoms with Gasteiger partial charge in [-0.25, -0.2) is 4.98 Å². The molecule has 4 nitrogen and oxygen atoms in total. The van der Waals surface area contributed by atoms with Gasteiger partial charge in [0, 0.05) is 17.2 Å². The van der Waals surface area contributed by atoms with Gasteiger partial charge in [0.1, 0.15) is 6.04 Å². The van der Waals surface area contributed by atoms with Crippen LogP contribution < -0.4 is 10.2 Å². The average molecular weight is 268 g/mol. The molecular formula is C10H10BrN3O. The normalized spacial score (nSPS) is 23.4. The summed E-state index contributed by atoms with van der Waals surface area (Å²) in [7, 11) is 0. The van der Waals surface area contributed by atoms with Crippen LogP contribution in [-0.4, -0.2) is 23.5 Å². The van der Waals surface area contributed by atoms with Crippen LogP contribution in [0.1, 0.15) is 12.8 Å². The van der Waals surface area contributed by atoms with Crippen LogP contribution in [-0.2, 0) is 4.79 Å². The average Bonchev–Trinajstić information content (AvgIpc) is 2.66. The summed E-state index contributed by atoms with van der Waals surface area (Å²) in [6.07, 6.45) is 3.77. The third-order valence-electron chi connectivity index (χ3n) is 2.92. The molecule has 5 heteroatoms. The van der Waals surface area contributed by atoms with Crippen LogP contribution in [0.15, 0.2) is 16.7 Å². The summed E-state index contributed by atoms with van der Waals surface area (Å²) in [6.45, 7) is 0.930. The van der Waals surface area contributed by atoms with Crippen LogP contribution in [0.3, 0.4) is 0 Å². The van der Waals surface area contributed by atoms with Gasteiger partial charge in [-0.05, 0) is 34.8 Å². The molecule has 2 aliphatic rings. The van der Waals surface area contributed by atoms with E-state index in [1.807, 2.05) is 6.07 Å². The molecule has 1 saturated heterocycles. The second-order valence-electron chi connectivity index (χ2n) is 3.87. The summed E-state index contributed by atoms with van der Waals surface area (Å²) in [5, 5.41) is 2.90. The number of halogens is 1. The summed E-state index contributed by atoms with van der Waals surface area (Å²) in [6, 6.07) is 1.89. The van der Waals surface area contributed by atoms with Crippen LogP contribution in [0, 0.1) is 0 Å². The van der Waals surface area contributed by atoms with Crippen molar-refractivity contribution in [1.82, 2.24) is 4.98 Å². The van der Waals surface area contributed by atoms with Gasteiger partial charge in [0.25, 0.3) is 0 Å². The Morgan fingerprint density at radius 2 is 2.47 bits per heavy atom. The molecule has 0 saturated carbocycles. The molecule has 78 valence electrons. The Morgan fingerprint density at radius 3 is 3.33 bits per heavy atom. The van der Waals surface area contributed by atoms with Crippen molar-refractivity contribution in [1.29, 1.82) is 0 Å². The highest BCUT2D eigenvalue weighted by Crippen LogP contribution is 2.35. The maximum absolute atomic E-state index is 11.8. The number of aromatic nitrogens is 1. The number of carbonyl (C=O) groups is 1. The SMILES string of the molecule is O=C1Nc2cc(Br)cnc2N2CCC[C@@H]12. The highest BCUT2D eigenvalue weighted by atomic mass is 79.9. The molecule has 15 heavy (non-hydrogen) atoms. The van der Waals surface area contributed by atoms with E-state index >= 15 is 0 Å². The van der Waals surface area contributed by atoms with E-state index in [1.54, 1.807) is 6.20 Å². The quantitative estimate of drug-likeness (QED) is 0.779. The number of amides is 1. The fourth-order valence-electron chi connectivity index (χ4n) is 2.26. The smallest absolute Gasteiger partial charge is 0.247 e. The van der Waals surface area contributed by atoms with Crippen molar-refractivity contribution < 1.29 is 4.79 Å². The number of fused-ring (bicyclic) bond motifs is 3. The largest absolute Gasteiger partial charge is 0.343 e.